The molecule has 150 valence electrons. The Kier molecular flexibility index (Phi) is 4.97. The van der Waals surface area contributed by atoms with Crippen molar-refractivity contribution in [3.05, 3.63) is 71.0 Å². The molecule has 5 rings (SSSR count). The van der Waals surface area contributed by atoms with Gasteiger partial charge in [-0.05, 0) is 37.1 Å². The first-order valence-electron chi connectivity index (χ1n) is 10.3. The number of hydrogen-bond donors (Lipinski definition) is 0. The Hall–Kier alpha value is -3.17. The first-order chi connectivity index (χ1) is 14.7. The summed E-state index contributed by atoms with van der Waals surface area (Å²) in [6.07, 6.45) is 7.68. The van der Waals surface area contributed by atoms with Crippen molar-refractivity contribution in [1.82, 2.24) is 9.38 Å². The number of rotatable bonds is 4. The first-order valence-corrected chi connectivity index (χ1v) is 11.1. The summed E-state index contributed by atoms with van der Waals surface area (Å²) in [5.74, 6) is -0.257. The highest BCUT2D eigenvalue weighted by atomic mass is 32.1. The molecule has 1 aromatic carbocycles. The van der Waals surface area contributed by atoms with E-state index in [4.69, 9.17) is 9.72 Å². The molecule has 0 saturated heterocycles. The maximum atomic E-state index is 13.1. The van der Waals surface area contributed by atoms with Gasteiger partial charge < -0.3 is 9.14 Å². The van der Waals surface area contributed by atoms with Crippen molar-refractivity contribution in [3.63, 3.8) is 0 Å². The number of benzene rings is 1. The average molecular weight is 416 g/mol. The van der Waals surface area contributed by atoms with E-state index in [1.165, 1.54) is 0 Å². The third-order valence-corrected chi connectivity index (χ3v) is 7.11. The Morgan fingerprint density at radius 2 is 2.03 bits per heavy atom. The Bertz CT molecular complexity index is 1230. The molecule has 1 fully saturated rings. The number of esters is 1. The molecule has 30 heavy (non-hydrogen) atoms. The minimum absolute atomic E-state index is 0.104. The highest BCUT2D eigenvalue weighted by Gasteiger charge is 2.35. The van der Waals surface area contributed by atoms with Crippen molar-refractivity contribution in [2.45, 2.75) is 38.2 Å². The summed E-state index contributed by atoms with van der Waals surface area (Å²) in [6, 6.07) is 16.1. The van der Waals surface area contributed by atoms with Crippen LogP contribution in [0.3, 0.4) is 0 Å². The second-order valence-corrected chi connectivity index (χ2v) is 8.82. The molecule has 5 nitrogen and oxygen atoms in total. The highest BCUT2D eigenvalue weighted by Crippen LogP contribution is 2.41. The second kappa shape index (κ2) is 7.92. The average Bonchev–Trinajstić information content (AvgIpc) is 3.38. The maximum Gasteiger partial charge on any atom is 0.309 e. The SMILES string of the molecule is N#Cc1c(COC(=O)C2CCCCC2c2nc3ccccc3s2)cn2ccccc12. The quantitative estimate of drug-likeness (QED) is 0.416. The van der Waals surface area contributed by atoms with Gasteiger partial charge in [0.1, 0.15) is 12.7 Å². The second-order valence-electron chi connectivity index (χ2n) is 7.76. The van der Waals surface area contributed by atoms with Gasteiger partial charge in [-0.3, -0.25) is 4.79 Å². The highest BCUT2D eigenvalue weighted by molar-refractivity contribution is 7.18. The Morgan fingerprint density at radius 3 is 2.90 bits per heavy atom. The molecule has 0 spiro atoms. The molecular weight excluding hydrogens is 394 g/mol. The molecule has 0 aliphatic heterocycles. The van der Waals surface area contributed by atoms with Crippen molar-refractivity contribution in [2.24, 2.45) is 5.92 Å². The van der Waals surface area contributed by atoms with Crippen LogP contribution >= 0.6 is 11.3 Å². The van der Waals surface area contributed by atoms with Crippen molar-refractivity contribution in [3.8, 4) is 6.07 Å². The van der Waals surface area contributed by atoms with Gasteiger partial charge >= 0.3 is 5.97 Å². The normalized spacial score (nSPS) is 19.0. The van der Waals surface area contributed by atoms with Crippen LogP contribution in [0.2, 0.25) is 0 Å². The number of thiazole rings is 1. The summed E-state index contributed by atoms with van der Waals surface area (Å²) in [5, 5.41) is 10.6. The predicted molar refractivity (Wildman–Crippen MR) is 116 cm³/mol. The van der Waals surface area contributed by atoms with E-state index in [2.05, 4.69) is 12.1 Å². The van der Waals surface area contributed by atoms with Crippen LogP contribution in [0.5, 0.6) is 0 Å². The fourth-order valence-electron chi connectivity index (χ4n) is 4.43. The molecule has 0 radical (unpaired) electrons. The van der Waals surface area contributed by atoms with Crippen molar-refractivity contribution < 1.29 is 9.53 Å². The van der Waals surface area contributed by atoms with E-state index >= 15 is 0 Å². The smallest absolute Gasteiger partial charge is 0.309 e. The number of nitrogens with zero attached hydrogens (tertiary/aromatic N) is 3. The molecule has 2 atom stereocenters. The van der Waals surface area contributed by atoms with Gasteiger partial charge in [0.05, 0.1) is 32.2 Å². The van der Waals surface area contributed by atoms with E-state index in [0.29, 0.717) is 5.56 Å². The Labute approximate surface area is 178 Å². The lowest BCUT2D eigenvalue weighted by molar-refractivity contribution is -0.151. The summed E-state index contributed by atoms with van der Waals surface area (Å²) in [5.41, 5.74) is 3.13. The molecule has 3 aromatic heterocycles. The van der Waals surface area contributed by atoms with Gasteiger partial charge in [0, 0.05) is 23.9 Å². The van der Waals surface area contributed by atoms with Crippen LogP contribution in [0.25, 0.3) is 15.7 Å². The van der Waals surface area contributed by atoms with E-state index in [1.807, 2.05) is 53.2 Å². The van der Waals surface area contributed by atoms with Gasteiger partial charge in [-0.25, -0.2) is 4.98 Å². The molecule has 1 aliphatic rings. The van der Waals surface area contributed by atoms with Gasteiger partial charge in [0.15, 0.2) is 0 Å². The van der Waals surface area contributed by atoms with Gasteiger partial charge in [0.25, 0.3) is 0 Å². The first kappa shape index (κ1) is 18.8. The molecule has 1 aliphatic carbocycles. The van der Waals surface area contributed by atoms with Crippen LogP contribution in [0.4, 0.5) is 0 Å². The zero-order valence-electron chi connectivity index (χ0n) is 16.5. The van der Waals surface area contributed by atoms with Crippen LogP contribution < -0.4 is 0 Å². The molecular formula is C24H21N3O2S. The third-order valence-electron chi connectivity index (χ3n) is 5.94. The van der Waals surface area contributed by atoms with Crippen LogP contribution in [-0.2, 0) is 16.1 Å². The molecule has 3 heterocycles. The Morgan fingerprint density at radius 1 is 1.20 bits per heavy atom. The standard InChI is InChI=1S/C24H21N3O2S/c25-13-19-16(14-27-12-6-5-10-21(19)27)15-29-24(28)18-8-2-1-7-17(18)23-26-20-9-3-4-11-22(20)30-23/h3-6,9-12,14,17-18H,1-2,7-8,15H2. The van der Waals surface area contributed by atoms with Crippen LogP contribution in [0.15, 0.2) is 54.9 Å². The largest absolute Gasteiger partial charge is 0.460 e. The summed E-state index contributed by atoms with van der Waals surface area (Å²) in [4.78, 5) is 17.9. The van der Waals surface area contributed by atoms with Gasteiger partial charge in [-0.2, -0.15) is 5.26 Å². The lowest BCUT2D eigenvalue weighted by Crippen LogP contribution is -2.27. The van der Waals surface area contributed by atoms with E-state index < -0.39 is 0 Å². The Balaban J connectivity index is 1.36. The van der Waals surface area contributed by atoms with Gasteiger partial charge in [-0.1, -0.05) is 31.0 Å². The molecule has 2 unspecified atom stereocenters. The number of fused-ring (bicyclic) bond motifs is 2. The van der Waals surface area contributed by atoms with Crippen molar-refractivity contribution in [1.29, 1.82) is 5.26 Å². The fraction of sp³-hybridized carbons (Fsp3) is 0.292. The summed E-state index contributed by atoms with van der Waals surface area (Å²) in [6.45, 7) is 0.118. The zero-order chi connectivity index (χ0) is 20.5. The number of carbonyl (C=O) groups is 1. The number of carbonyl (C=O) groups excluding carboxylic acids is 1. The molecule has 0 bridgehead atoms. The number of ether oxygens (including phenoxy) is 1. The van der Waals surface area contributed by atoms with Crippen molar-refractivity contribution in [2.75, 3.05) is 0 Å². The lowest BCUT2D eigenvalue weighted by atomic mass is 9.79. The molecule has 0 N–H and O–H groups in total. The number of nitriles is 1. The number of hydrogen-bond acceptors (Lipinski definition) is 5. The lowest BCUT2D eigenvalue weighted by Gasteiger charge is -2.28. The van der Waals surface area contributed by atoms with Crippen LogP contribution in [0, 0.1) is 17.2 Å². The molecule has 6 heteroatoms. The molecule has 4 aromatic rings. The number of pyridine rings is 1. The number of para-hydroxylation sites is 1. The topological polar surface area (TPSA) is 67.4 Å². The van der Waals surface area contributed by atoms with E-state index in [0.717, 1.165) is 52.0 Å². The summed E-state index contributed by atoms with van der Waals surface area (Å²) in [7, 11) is 0. The molecule has 1 saturated carbocycles. The van der Waals surface area contributed by atoms with Gasteiger partial charge in [-0.15, -0.1) is 11.3 Å². The summed E-state index contributed by atoms with van der Waals surface area (Å²) >= 11 is 1.68. The van der Waals surface area contributed by atoms with Gasteiger partial charge in [0.2, 0.25) is 0 Å². The van der Waals surface area contributed by atoms with Crippen molar-refractivity contribution >= 4 is 33.0 Å². The fourth-order valence-corrected chi connectivity index (χ4v) is 5.60. The predicted octanol–water partition coefficient (Wildman–Crippen LogP) is 5.44. The zero-order valence-corrected chi connectivity index (χ0v) is 17.3. The van der Waals surface area contributed by atoms with Crippen LogP contribution in [0.1, 0.15) is 47.7 Å². The third kappa shape index (κ3) is 3.35. The summed E-state index contributed by atoms with van der Waals surface area (Å²) < 4.78 is 8.79. The van der Waals surface area contributed by atoms with E-state index in [9.17, 15) is 10.1 Å². The number of aromatic nitrogens is 2. The van der Waals surface area contributed by atoms with E-state index in [1.54, 1.807) is 11.3 Å². The van der Waals surface area contributed by atoms with E-state index in [-0.39, 0.29) is 24.4 Å². The van der Waals surface area contributed by atoms with Crippen LogP contribution in [-0.4, -0.2) is 15.4 Å². The maximum absolute atomic E-state index is 13.1. The minimum atomic E-state index is -0.182. The minimum Gasteiger partial charge on any atom is -0.460 e. The molecule has 0 amide bonds. The monoisotopic (exact) mass is 415 g/mol.